The van der Waals surface area contributed by atoms with Gasteiger partial charge in [0.15, 0.2) is 0 Å². The van der Waals surface area contributed by atoms with Crippen molar-refractivity contribution in [3.63, 3.8) is 0 Å². The highest BCUT2D eigenvalue weighted by atomic mass is 79.9. The number of ether oxygens (including phenoxy) is 1. The Balaban J connectivity index is 1.89. The molecule has 4 heteroatoms. The van der Waals surface area contributed by atoms with Crippen molar-refractivity contribution in [2.75, 3.05) is 6.61 Å². The molecule has 2 nitrogen and oxygen atoms in total. The van der Waals surface area contributed by atoms with Crippen LogP contribution in [0.4, 0.5) is 0 Å². The molecule has 0 aromatic heterocycles. The van der Waals surface area contributed by atoms with Gasteiger partial charge in [-0.25, -0.2) is 4.79 Å². The molecule has 0 saturated heterocycles. The Labute approximate surface area is 135 Å². The molecule has 0 aliphatic heterocycles. The summed E-state index contributed by atoms with van der Waals surface area (Å²) in [5.74, 6) is -0.303. The number of rotatable bonds is 5. The summed E-state index contributed by atoms with van der Waals surface area (Å²) >= 11 is 7.18. The molecular weight excluding hydrogens is 384 g/mol. The predicted octanol–water partition coefficient (Wildman–Crippen LogP) is 4.74. The number of hydrogen-bond acceptors (Lipinski definition) is 2. The summed E-state index contributed by atoms with van der Waals surface area (Å²) in [6, 6.07) is 19.0. The van der Waals surface area contributed by atoms with Gasteiger partial charge in [-0.3, -0.25) is 0 Å². The summed E-state index contributed by atoms with van der Waals surface area (Å²) in [7, 11) is 0. The summed E-state index contributed by atoms with van der Waals surface area (Å²) < 4.78 is 5.32. The summed E-state index contributed by atoms with van der Waals surface area (Å²) in [5, 5.41) is 0. The molecule has 2 aromatic rings. The maximum atomic E-state index is 11.8. The van der Waals surface area contributed by atoms with Gasteiger partial charge in [-0.2, -0.15) is 0 Å². The molecule has 0 radical (unpaired) electrons. The van der Waals surface area contributed by atoms with Gasteiger partial charge in [0.1, 0.15) is 6.61 Å². The molecule has 0 amide bonds. The van der Waals surface area contributed by atoms with Crippen LogP contribution in [0, 0.1) is 0 Å². The van der Waals surface area contributed by atoms with E-state index < -0.39 is 0 Å². The fourth-order valence-electron chi connectivity index (χ4n) is 1.74. The Morgan fingerprint density at radius 3 is 2.10 bits per heavy atom. The van der Waals surface area contributed by atoms with E-state index in [1.807, 2.05) is 48.5 Å². The first-order valence-corrected chi connectivity index (χ1v) is 8.07. The molecule has 2 rings (SSSR count). The Bertz CT molecular complexity index is 543. The van der Waals surface area contributed by atoms with Crippen molar-refractivity contribution in [3.8, 4) is 0 Å². The maximum Gasteiger partial charge on any atom is 0.338 e. The first-order valence-electron chi connectivity index (χ1n) is 6.23. The lowest BCUT2D eigenvalue weighted by atomic mass is 10.1. The van der Waals surface area contributed by atoms with Crippen molar-refractivity contribution in [1.82, 2.24) is 0 Å². The van der Waals surface area contributed by atoms with Gasteiger partial charge in [-0.15, -0.1) is 0 Å². The molecule has 0 bridgehead atoms. The highest BCUT2D eigenvalue weighted by Gasteiger charge is 2.19. The highest BCUT2D eigenvalue weighted by Crippen LogP contribution is 2.31. The second-order valence-corrected chi connectivity index (χ2v) is 6.46. The average molecular weight is 398 g/mol. The van der Waals surface area contributed by atoms with Crippen LogP contribution in [0.15, 0.2) is 60.7 Å². The van der Waals surface area contributed by atoms with Crippen LogP contribution in [0.2, 0.25) is 0 Å². The molecule has 0 aliphatic rings. The zero-order valence-corrected chi connectivity index (χ0v) is 13.9. The number of hydrogen-bond donors (Lipinski definition) is 0. The Morgan fingerprint density at radius 2 is 1.50 bits per heavy atom. The van der Waals surface area contributed by atoms with E-state index in [0.717, 1.165) is 5.56 Å². The fourth-order valence-corrected chi connectivity index (χ4v) is 2.64. The third kappa shape index (κ3) is 4.18. The van der Waals surface area contributed by atoms with Gasteiger partial charge in [-0.05, 0) is 17.7 Å². The summed E-state index contributed by atoms with van der Waals surface area (Å²) in [6.45, 7) is 0.304. The van der Waals surface area contributed by atoms with Gasteiger partial charge in [0.25, 0.3) is 0 Å². The Kier molecular flexibility index (Phi) is 5.80. The van der Waals surface area contributed by atoms with Crippen molar-refractivity contribution in [2.24, 2.45) is 0 Å². The van der Waals surface area contributed by atoms with E-state index in [2.05, 4.69) is 31.9 Å². The molecule has 104 valence electrons. The summed E-state index contributed by atoms with van der Waals surface area (Å²) in [4.78, 5) is 12.0. The lowest BCUT2D eigenvalue weighted by Crippen LogP contribution is -2.17. The van der Waals surface area contributed by atoms with Gasteiger partial charge in [0, 0.05) is 0 Å². The van der Waals surface area contributed by atoms with E-state index in [4.69, 9.17) is 4.74 Å². The van der Waals surface area contributed by atoms with Crippen LogP contribution in [-0.4, -0.2) is 17.4 Å². The molecule has 2 aromatic carbocycles. The highest BCUT2D eigenvalue weighted by molar-refractivity contribution is 9.12. The van der Waals surface area contributed by atoms with Crippen LogP contribution in [-0.2, 0) is 4.74 Å². The van der Waals surface area contributed by atoms with E-state index >= 15 is 0 Å². The zero-order valence-electron chi connectivity index (χ0n) is 10.7. The largest absolute Gasteiger partial charge is 0.461 e. The molecule has 20 heavy (non-hydrogen) atoms. The second-order valence-electron chi connectivity index (χ2n) is 4.29. The molecule has 0 heterocycles. The van der Waals surface area contributed by atoms with E-state index in [0.29, 0.717) is 12.2 Å². The number of carbonyl (C=O) groups is 1. The van der Waals surface area contributed by atoms with E-state index in [-0.39, 0.29) is 15.6 Å². The van der Waals surface area contributed by atoms with Gasteiger partial charge < -0.3 is 4.74 Å². The molecule has 0 N–H and O–H groups in total. The molecule has 0 aliphatic carbocycles. The van der Waals surface area contributed by atoms with Crippen LogP contribution < -0.4 is 0 Å². The van der Waals surface area contributed by atoms with Crippen LogP contribution in [0.3, 0.4) is 0 Å². The normalized spacial score (nSPS) is 13.5. The van der Waals surface area contributed by atoms with Gasteiger partial charge in [0.2, 0.25) is 0 Å². The third-order valence-electron chi connectivity index (χ3n) is 2.82. The Morgan fingerprint density at radius 1 is 0.950 bits per heavy atom. The molecule has 2 unspecified atom stereocenters. The average Bonchev–Trinajstić information content (AvgIpc) is 2.53. The van der Waals surface area contributed by atoms with Crippen molar-refractivity contribution in [1.29, 1.82) is 0 Å². The van der Waals surface area contributed by atoms with E-state index in [1.165, 1.54) is 0 Å². The second kappa shape index (κ2) is 7.60. The molecule has 0 saturated carbocycles. The van der Waals surface area contributed by atoms with Gasteiger partial charge >= 0.3 is 5.97 Å². The molecule has 0 spiro atoms. The molecular formula is C16H14Br2O2. The minimum absolute atomic E-state index is 0.0116. The smallest absolute Gasteiger partial charge is 0.338 e. The van der Waals surface area contributed by atoms with Crippen LogP contribution >= 0.6 is 31.9 Å². The first-order chi connectivity index (χ1) is 9.68. The van der Waals surface area contributed by atoms with E-state index in [9.17, 15) is 4.79 Å². The third-order valence-corrected chi connectivity index (χ3v) is 5.49. The topological polar surface area (TPSA) is 26.3 Å². The van der Waals surface area contributed by atoms with Crippen LogP contribution in [0.25, 0.3) is 0 Å². The van der Waals surface area contributed by atoms with Crippen molar-refractivity contribution in [2.45, 2.75) is 9.65 Å². The number of esters is 1. The predicted molar refractivity (Wildman–Crippen MR) is 87.5 cm³/mol. The summed E-state index contributed by atoms with van der Waals surface area (Å²) in [6.07, 6.45) is 0. The quantitative estimate of drug-likeness (QED) is 0.537. The van der Waals surface area contributed by atoms with Gasteiger partial charge in [-0.1, -0.05) is 80.4 Å². The molecule has 2 atom stereocenters. The van der Waals surface area contributed by atoms with E-state index in [1.54, 1.807) is 12.1 Å². The SMILES string of the molecule is O=C(OCC(Br)C(Br)c1ccccc1)c1ccccc1. The fraction of sp³-hybridized carbons (Fsp3) is 0.188. The van der Waals surface area contributed by atoms with Crippen molar-refractivity contribution < 1.29 is 9.53 Å². The molecule has 0 fully saturated rings. The Hall–Kier alpha value is -1.13. The zero-order chi connectivity index (χ0) is 14.4. The minimum atomic E-state index is -0.303. The lowest BCUT2D eigenvalue weighted by Gasteiger charge is -2.17. The minimum Gasteiger partial charge on any atom is -0.461 e. The van der Waals surface area contributed by atoms with Crippen LogP contribution in [0.1, 0.15) is 20.7 Å². The number of alkyl halides is 2. The summed E-state index contributed by atoms with van der Waals surface area (Å²) in [5.41, 5.74) is 1.71. The maximum absolute atomic E-state index is 11.8. The number of benzene rings is 2. The van der Waals surface area contributed by atoms with Crippen molar-refractivity contribution in [3.05, 3.63) is 71.8 Å². The van der Waals surface area contributed by atoms with Crippen LogP contribution in [0.5, 0.6) is 0 Å². The number of halogens is 2. The van der Waals surface area contributed by atoms with Crippen molar-refractivity contribution >= 4 is 37.8 Å². The van der Waals surface area contributed by atoms with Gasteiger partial charge in [0.05, 0.1) is 15.2 Å². The lowest BCUT2D eigenvalue weighted by molar-refractivity contribution is 0.0508. The first kappa shape index (κ1) is 15.3. The standard InChI is InChI=1S/C16H14Br2O2/c17-14(15(18)12-7-3-1-4-8-12)11-20-16(19)13-9-5-2-6-10-13/h1-10,14-15H,11H2. The number of carbonyl (C=O) groups excluding carboxylic acids is 1. The monoisotopic (exact) mass is 396 g/mol.